The first-order valence-electron chi connectivity index (χ1n) is 8.15. The molecule has 0 aliphatic rings. The molecular weight excluding hydrogens is 421 g/mol. The molecule has 4 rings (SSSR count). The zero-order valence-corrected chi connectivity index (χ0v) is 16.0. The fourth-order valence-corrected chi connectivity index (χ4v) is 3.04. The molecule has 0 amide bonds. The molecule has 0 fully saturated rings. The Kier molecular flexibility index (Phi) is 5.10. The molecule has 4 aromatic rings. The molecule has 1 N–H and O–H groups in total. The van der Waals surface area contributed by atoms with E-state index in [-0.39, 0.29) is 11.6 Å². The molecular formula is C17H11Cl2N7O3. The number of nitrogens with zero attached hydrogens (tertiary/aromatic N) is 6. The number of hydrogen-bond acceptors (Lipinski definition) is 8. The van der Waals surface area contributed by atoms with E-state index in [2.05, 4.69) is 25.6 Å². The van der Waals surface area contributed by atoms with Gasteiger partial charge in [0, 0.05) is 10.0 Å². The summed E-state index contributed by atoms with van der Waals surface area (Å²) in [5.74, 6) is 0.279. The topological polar surface area (TPSA) is 124 Å². The van der Waals surface area contributed by atoms with Crippen LogP contribution in [0.25, 0.3) is 11.0 Å². The van der Waals surface area contributed by atoms with Crippen LogP contribution in [0.3, 0.4) is 0 Å². The van der Waals surface area contributed by atoms with E-state index in [1.807, 2.05) is 6.07 Å². The smallest absolute Gasteiger partial charge is 0.400 e. The summed E-state index contributed by atoms with van der Waals surface area (Å²) < 4.78 is 6.68. The van der Waals surface area contributed by atoms with Crippen molar-refractivity contribution in [2.24, 2.45) is 5.10 Å². The Morgan fingerprint density at radius 2 is 2.14 bits per heavy atom. The lowest BCUT2D eigenvalue weighted by Gasteiger charge is -2.06. The number of rotatable bonds is 6. The number of aromatic nitrogens is 4. The van der Waals surface area contributed by atoms with Gasteiger partial charge in [0.2, 0.25) is 0 Å². The number of furan rings is 1. The van der Waals surface area contributed by atoms with Crippen LogP contribution in [0.15, 0.2) is 52.4 Å². The molecule has 0 spiro atoms. The van der Waals surface area contributed by atoms with Crippen molar-refractivity contribution in [1.82, 2.24) is 19.7 Å². The largest absolute Gasteiger partial charge is 0.433 e. The molecule has 1 aromatic carbocycles. The van der Waals surface area contributed by atoms with Crippen molar-refractivity contribution in [3.8, 4) is 0 Å². The average molecular weight is 432 g/mol. The maximum atomic E-state index is 10.6. The van der Waals surface area contributed by atoms with Crippen molar-refractivity contribution in [3.05, 3.63) is 74.3 Å². The van der Waals surface area contributed by atoms with Crippen LogP contribution in [0.5, 0.6) is 0 Å². The summed E-state index contributed by atoms with van der Waals surface area (Å²) >= 11 is 12.2. The second kappa shape index (κ2) is 7.86. The molecule has 0 bridgehead atoms. The summed E-state index contributed by atoms with van der Waals surface area (Å²) in [5.41, 5.74) is 4.18. The van der Waals surface area contributed by atoms with Crippen LogP contribution in [0.2, 0.25) is 10.0 Å². The molecule has 0 atom stereocenters. The quantitative estimate of drug-likeness (QED) is 0.276. The van der Waals surface area contributed by atoms with Crippen molar-refractivity contribution in [2.75, 3.05) is 5.43 Å². The molecule has 0 saturated carbocycles. The monoisotopic (exact) mass is 431 g/mol. The van der Waals surface area contributed by atoms with Gasteiger partial charge in [0.15, 0.2) is 17.2 Å². The number of benzene rings is 1. The van der Waals surface area contributed by atoms with E-state index in [4.69, 9.17) is 27.6 Å². The van der Waals surface area contributed by atoms with Gasteiger partial charge < -0.3 is 4.42 Å². The summed E-state index contributed by atoms with van der Waals surface area (Å²) in [5, 5.41) is 20.7. The number of halogens is 2. The lowest BCUT2D eigenvalue weighted by atomic mass is 10.2. The molecule has 3 heterocycles. The number of anilines is 1. The molecule has 0 radical (unpaired) electrons. The number of nitro groups is 1. The van der Waals surface area contributed by atoms with E-state index in [0.29, 0.717) is 33.4 Å². The van der Waals surface area contributed by atoms with E-state index in [1.165, 1.54) is 24.7 Å². The van der Waals surface area contributed by atoms with E-state index in [0.717, 1.165) is 5.56 Å². The highest BCUT2D eigenvalue weighted by Gasteiger charge is 2.12. The molecule has 0 unspecified atom stereocenters. The van der Waals surface area contributed by atoms with Crippen LogP contribution in [-0.4, -0.2) is 30.9 Å². The molecule has 3 aromatic heterocycles. The van der Waals surface area contributed by atoms with Crippen LogP contribution < -0.4 is 5.43 Å². The lowest BCUT2D eigenvalue weighted by molar-refractivity contribution is -0.402. The van der Waals surface area contributed by atoms with E-state index < -0.39 is 4.92 Å². The third kappa shape index (κ3) is 4.03. The first kappa shape index (κ1) is 18.8. The van der Waals surface area contributed by atoms with Gasteiger partial charge in [-0.1, -0.05) is 29.3 Å². The third-order valence-electron chi connectivity index (χ3n) is 3.92. The SMILES string of the molecule is O=[N+]([O-])c1ccc(/C=N/Nc2ncnc3c2cnn3Cc2ccc(Cl)cc2Cl)o1. The molecule has 0 aliphatic heterocycles. The standard InChI is InChI=1S/C17H11Cl2N7O3/c18-11-2-1-10(14(19)5-11)8-25-17-13(7-23-25)16(20-9-21-17)24-22-6-12-3-4-15(29-12)26(27)28/h1-7,9H,8H2,(H,20,21,24)/b22-6+. The highest BCUT2D eigenvalue weighted by Crippen LogP contribution is 2.24. The van der Waals surface area contributed by atoms with Crippen LogP contribution in [-0.2, 0) is 6.54 Å². The minimum Gasteiger partial charge on any atom is -0.400 e. The van der Waals surface area contributed by atoms with Gasteiger partial charge in [-0.15, -0.1) is 0 Å². The summed E-state index contributed by atoms with van der Waals surface area (Å²) in [4.78, 5) is 18.4. The average Bonchev–Trinajstić information content (AvgIpc) is 3.32. The van der Waals surface area contributed by atoms with Gasteiger partial charge in [-0.05, 0) is 23.8 Å². The molecule has 12 heteroatoms. The zero-order valence-electron chi connectivity index (χ0n) is 14.5. The number of fused-ring (bicyclic) bond motifs is 1. The Morgan fingerprint density at radius 1 is 1.28 bits per heavy atom. The Hall–Kier alpha value is -3.50. The molecule has 0 saturated heterocycles. The van der Waals surface area contributed by atoms with Gasteiger partial charge in [-0.3, -0.25) is 15.5 Å². The lowest BCUT2D eigenvalue weighted by Crippen LogP contribution is -2.04. The molecule has 10 nitrogen and oxygen atoms in total. The van der Waals surface area contributed by atoms with E-state index >= 15 is 0 Å². The van der Waals surface area contributed by atoms with Gasteiger partial charge in [0.05, 0.1) is 30.4 Å². The Balaban J connectivity index is 1.55. The van der Waals surface area contributed by atoms with Crippen LogP contribution in [0.1, 0.15) is 11.3 Å². The number of nitrogens with one attached hydrogen (secondary N) is 1. The van der Waals surface area contributed by atoms with Gasteiger partial charge in [-0.25, -0.2) is 14.6 Å². The van der Waals surface area contributed by atoms with Crippen molar-refractivity contribution >= 4 is 52.2 Å². The van der Waals surface area contributed by atoms with E-state index in [9.17, 15) is 10.1 Å². The Labute approximate surface area is 172 Å². The Bertz CT molecular complexity index is 1230. The van der Waals surface area contributed by atoms with Crippen LogP contribution >= 0.6 is 23.2 Å². The van der Waals surface area contributed by atoms with Crippen molar-refractivity contribution in [3.63, 3.8) is 0 Å². The second-order valence-electron chi connectivity index (χ2n) is 5.80. The predicted molar refractivity (Wildman–Crippen MR) is 107 cm³/mol. The summed E-state index contributed by atoms with van der Waals surface area (Å²) in [6, 6.07) is 7.93. The highest BCUT2D eigenvalue weighted by atomic mass is 35.5. The van der Waals surface area contributed by atoms with Gasteiger partial charge in [0.25, 0.3) is 0 Å². The van der Waals surface area contributed by atoms with Crippen LogP contribution in [0.4, 0.5) is 11.7 Å². The van der Waals surface area contributed by atoms with Gasteiger partial charge in [0.1, 0.15) is 11.3 Å². The Morgan fingerprint density at radius 3 is 2.90 bits per heavy atom. The van der Waals surface area contributed by atoms with Crippen molar-refractivity contribution in [2.45, 2.75) is 6.54 Å². The third-order valence-corrected chi connectivity index (χ3v) is 4.51. The number of hydrazone groups is 1. The first-order valence-corrected chi connectivity index (χ1v) is 8.90. The van der Waals surface area contributed by atoms with Crippen LogP contribution in [0, 0.1) is 10.1 Å². The summed E-state index contributed by atoms with van der Waals surface area (Å²) in [6.45, 7) is 0.398. The zero-order chi connectivity index (χ0) is 20.4. The summed E-state index contributed by atoms with van der Waals surface area (Å²) in [7, 11) is 0. The maximum absolute atomic E-state index is 10.6. The second-order valence-corrected chi connectivity index (χ2v) is 6.64. The molecule has 29 heavy (non-hydrogen) atoms. The fourth-order valence-electron chi connectivity index (χ4n) is 2.58. The summed E-state index contributed by atoms with van der Waals surface area (Å²) in [6.07, 6.45) is 4.28. The van der Waals surface area contributed by atoms with Gasteiger partial charge in [-0.2, -0.15) is 10.2 Å². The van der Waals surface area contributed by atoms with E-state index in [1.54, 1.807) is 23.0 Å². The first-order chi connectivity index (χ1) is 14.0. The molecule has 146 valence electrons. The van der Waals surface area contributed by atoms with Crippen molar-refractivity contribution in [1.29, 1.82) is 0 Å². The van der Waals surface area contributed by atoms with Crippen molar-refractivity contribution < 1.29 is 9.34 Å². The van der Waals surface area contributed by atoms with Gasteiger partial charge >= 0.3 is 5.88 Å². The minimum atomic E-state index is -0.625. The molecule has 0 aliphatic carbocycles. The predicted octanol–water partition coefficient (Wildman–Crippen LogP) is 4.13. The maximum Gasteiger partial charge on any atom is 0.433 e. The fraction of sp³-hybridized carbons (Fsp3) is 0.0588. The normalized spacial score (nSPS) is 11.4. The minimum absolute atomic E-state index is 0.225. The highest BCUT2D eigenvalue weighted by molar-refractivity contribution is 6.35. The number of hydrogen-bond donors (Lipinski definition) is 1.